The Morgan fingerprint density at radius 3 is 2.09 bits per heavy atom. The van der Waals surface area contributed by atoms with E-state index in [4.69, 9.17) is 18.6 Å². The van der Waals surface area contributed by atoms with E-state index in [0.29, 0.717) is 29.0 Å². The first-order chi connectivity index (χ1) is 11.2. The lowest BCUT2D eigenvalue weighted by atomic mass is 10.2. The fourth-order valence-electron chi connectivity index (χ4n) is 2.20. The molecule has 6 nitrogen and oxygen atoms in total. The van der Waals surface area contributed by atoms with Gasteiger partial charge in [-0.15, -0.1) is 10.2 Å². The second-order valence-corrected chi connectivity index (χ2v) is 4.71. The molecule has 0 radical (unpaired) electrons. The largest absolute Gasteiger partial charge is 0.497 e. The molecule has 23 heavy (non-hydrogen) atoms. The molecule has 3 aromatic rings. The van der Waals surface area contributed by atoms with Crippen LogP contribution in [0.15, 0.2) is 46.9 Å². The van der Waals surface area contributed by atoms with E-state index in [0.717, 1.165) is 11.1 Å². The van der Waals surface area contributed by atoms with Crippen LogP contribution in [0.3, 0.4) is 0 Å². The first kappa shape index (κ1) is 14.9. The van der Waals surface area contributed by atoms with E-state index in [1.807, 2.05) is 36.4 Å². The minimum Gasteiger partial charge on any atom is -0.497 e. The van der Waals surface area contributed by atoms with E-state index in [1.54, 1.807) is 27.4 Å². The zero-order valence-electron chi connectivity index (χ0n) is 13.1. The molecule has 0 atom stereocenters. The van der Waals surface area contributed by atoms with Crippen LogP contribution in [0.4, 0.5) is 0 Å². The molecule has 3 rings (SSSR count). The summed E-state index contributed by atoms with van der Waals surface area (Å²) in [5.41, 5.74) is 1.46. The maximum Gasteiger partial charge on any atom is 0.251 e. The molecule has 0 bridgehead atoms. The van der Waals surface area contributed by atoms with Gasteiger partial charge in [0.1, 0.15) is 17.2 Å². The normalized spacial score (nSPS) is 10.4. The number of aromatic nitrogens is 2. The maximum absolute atomic E-state index is 5.78. The third-order valence-corrected chi connectivity index (χ3v) is 3.36. The summed E-state index contributed by atoms with van der Waals surface area (Å²) in [4.78, 5) is 0. The molecule has 0 aliphatic carbocycles. The van der Waals surface area contributed by atoms with Crippen molar-refractivity contribution in [1.82, 2.24) is 10.2 Å². The van der Waals surface area contributed by atoms with Crippen LogP contribution in [0.25, 0.3) is 22.9 Å². The molecule has 1 aromatic heterocycles. The molecule has 0 spiro atoms. The predicted molar refractivity (Wildman–Crippen MR) is 84.8 cm³/mol. The summed E-state index contributed by atoms with van der Waals surface area (Å²) < 4.78 is 21.6. The fraction of sp³-hybridized carbons (Fsp3) is 0.176. The average Bonchev–Trinajstić information content (AvgIpc) is 3.11. The van der Waals surface area contributed by atoms with Crippen molar-refractivity contribution < 1.29 is 18.6 Å². The molecule has 6 heteroatoms. The van der Waals surface area contributed by atoms with Crippen molar-refractivity contribution in [3.8, 4) is 40.2 Å². The topological polar surface area (TPSA) is 66.6 Å². The minimum absolute atomic E-state index is 0.378. The van der Waals surface area contributed by atoms with Gasteiger partial charge in [0, 0.05) is 11.6 Å². The molecule has 1 heterocycles. The highest BCUT2D eigenvalue weighted by atomic mass is 16.5. The summed E-state index contributed by atoms with van der Waals surface area (Å²) in [7, 11) is 4.78. The molecule has 0 aliphatic rings. The van der Waals surface area contributed by atoms with E-state index in [9.17, 15) is 0 Å². The van der Waals surface area contributed by atoms with Gasteiger partial charge in [-0.05, 0) is 24.3 Å². The number of rotatable bonds is 5. The second kappa shape index (κ2) is 6.39. The third kappa shape index (κ3) is 2.96. The summed E-state index contributed by atoms with van der Waals surface area (Å²) in [5, 5.41) is 8.21. The molecule has 0 amide bonds. The molecular weight excluding hydrogens is 296 g/mol. The monoisotopic (exact) mass is 312 g/mol. The highest BCUT2D eigenvalue weighted by Crippen LogP contribution is 2.33. The van der Waals surface area contributed by atoms with Gasteiger partial charge in [0.25, 0.3) is 5.89 Å². The van der Waals surface area contributed by atoms with Gasteiger partial charge in [0.15, 0.2) is 0 Å². The summed E-state index contributed by atoms with van der Waals surface area (Å²) in [6.45, 7) is 0. The van der Waals surface area contributed by atoms with Gasteiger partial charge in [-0.1, -0.05) is 12.1 Å². The zero-order valence-corrected chi connectivity index (χ0v) is 13.1. The van der Waals surface area contributed by atoms with Crippen molar-refractivity contribution in [3.05, 3.63) is 42.5 Å². The molecule has 0 aliphatic heterocycles. The highest BCUT2D eigenvalue weighted by molar-refractivity contribution is 5.65. The summed E-state index contributed by atoms with van der Waals surface area (Å²) >= 11 is 0. The van der Waals surface area contributed by atoms with Crippen LogP contribution >= 0.6 is 0 Å². The Balaban J connectivity index is 2.02. The average molecular weight is 312 g/mol. The van der Waals surface area contributed by atoms with Crippen LogP contribution in [-0.2, 0) is 0 Å². The van der Waals surface area contributed by atoms with Gasteiger partial charge < -0.3 is 18.6 Å². The smallest absolute Gasteiger partial charge is 0.251 e. The van der Waals surface area contributed by atoms with Crippen molar-refractivity contribution >= 4 is 0 Å². The van der Waals surface area contributed by atoms with Crippen LogP contribution in [0, 0.1) is 0 Å². The minimum atomic E-state index is 0.378. The van der Waals surface area contributed by atoms with Crippen LogP contribution < -0.4 is 14.2 Å². The lowest BCUT2D eigenvalue weighted by molar-refractivity contribution is 0.394. The standard InChI is InChI=1S/C17H16N2O4/c1-20-12-8-11(9-13(10-12)21-2)16-18-19-17(23-16)14-6-4-5-7-15(14)22-3/h4-10H,1-3H3. The second-order valence-electron chi connectivity index (χ2n) is 4.71. The highest BCUT2D eigenvalue weighted by Gasteiger charge is 2.15. The van der Waals surface area contributed by atoms with Crippen molar-refractivity contribution in [2.45, 2.75) is 0 Å². The van der Waals surface area contributed by atoms with Crippen molar-refractivity contribution in [2.75, 3.05) is 21.3 Å². The number of ether oxygens (including phenoxy) is 3. The first-order valence-corrected chi connectivity index (χ1v) is 6.95. The number of para-hydroxylation sites is 1. The summed E-state index contributed by atoms with van der Waals surface area (Å²) in [6, 6.07) is 12.9. The SMILES string of the molecule is COc1cc(OC)cc(-c2nnc(-c3ccccc3OC)o2)c1. The van der Waals surface area contributed by atoms with Crippen molar-refractivity contribution in [1.29, 1.82) is 0 Å². The predicted octanol–water partition coefficient (Wildman–Crippen LogP) is 3.43. The molecule has 0 saturated carbocycles. The van der Waals surface area contributed by atoms with E-state index in [1.165, 1.54) is 0 Å². The van der Waals surface area contributed by atoms with Crippen LogP contribution in [0.2, 0.25) is 0 Å². The Hall–Kier alpha value is -3.02. The number of benzene rings is 2. The van der Waals surface area contributed by atoms with Crippen LogP contribution in [0.1, 0.15) is 0 Å². The Kier molecular flexibility index (Phi) is 4.14. The van der Waals surface area contributed by atoms with Crippen LogP contribution in [-0.4, -0.2) is 31.5 Å². The molecule has 0 saturated heterocycles. The van der Waals surface area contributed by atoms with Crippen molar-refractivity contribution in [3.63, 3.8) is 0 Å². The summed E-state index contributed by atoms with van der Waals surface area (Å²) in [5.74, 6) is 2.74. The number of nitrogens with zero attached hydrogens (tertiary/aromatic N) is 2. The number of hydrogen-bond donors (Lipinski definition) is 0. The molecular formula is C17H16N2O4. The molecule has 2 aromatic carbocycles. The van der Waals surface area contributed by atoms with Gasteiger partial charge in [-0.3, -0.25) is 0 Å². The number of methoxy groups -OCH3 is 3. The van der Waals surface area contributed by atoms with E-state index in [-0.39, 0.29) is 0 Å². The Morgan fingerprint density at radius 2 is 1.43 bits per heavy atom. The van der Waals surface area contributed by atoms with E-state index < -0.39 is 0 Å². The van der Waals surface area contributed by atoms with E-state index in [2.05, 4.69) is 10.2 Å². The maximum atomic E-state index is 5.78. The molecule has 118 valence electrons. The van der Waals surface area contributed by atoms with Gasteiger partial charge in [-0.2, -0.15) is 0 Å². The van der Waals surface area contributed by atoms with Gasteiger partial charge in [0.2, 0.25) is 5.89 Å². The molecule has 0 fully saturated rings. The Bertz CT molecular complexity index is 792. The first-order valence-electron chi connectivity index (χ1n) is 6.95. The van der Waals surface area contributed by atoms with Gasteiger partial charge in [0.05, 0.1) is 26.9 Å². The molecule has 0 N–H and O–H groups in total. The van der Waals surface area contributed by atoms with Gasteiger partial charge >= 0.3 is 0 Å². The third-order valence-electron chi connectivity index (χ3n) is 3.36. The summed E-state index contributed by atoms with van der Waals surface area (Å²) in [6.07, 6.45) is 0. The zero-order chi connectivity index (χ0) is 16.2. The molecule has 0 unspecified atom stereocenters. The fourth-order valence-corrected chi connectivity index (χ4v) is 2.20. The van der Waals surface area contributed by atoms with Gasteiger partial charge in [-0.25, -0.2) is 0 Å². The lowest BCUT2D eigenvalue weighted by Crippen LogP contribution is -1.88. The lowest BCUT2D eigenvalue weighted by Gasteiger charge is -2.06. The van der Waals surface area contributed by atoms with E-state index >= 15 is 0 Å². The van der Waals surface area contributed by atoms with Crippen molar-refractivity contribution in [2.24, 2.45) is 0 Å². The Labute approximate surface area is 133 Å². The quantitative estimate of drug-likeness (QED) is 0.719. The Morgan fingerprint density at radius 1 is 0.783 bits per heavy atom. The number of hydrogen-bond acceptors (Lipinski definition) is 6. The van der Waals surface area contributed by atoms with Crippen LogP contribution in [0.5, 0.6) is 17.2 Å².